The van der Waals surface area contributed by atoms with Gasteiger partial charge < -0.3 is 21.2 Å². The average Bonchev–Trinajstić information content (AvgIpc) is 3.06. The standard InChI is InChI=1S/C20H22N6O3S/c1-12-5-4-6-14(9-12)19-24-25-20(26(19)21)30-11-18(28)23-16-10-15(22-13(2)27)7-8-17(16)29-3/h4-10H,11,21H2,1-3H3,(H,22,27)(H,23,28). The van der Waals surface area contributed by atoms with Crippen LogP contribution in [0.4, 0.5) is 11.4 Å². The monoisotopic (exact) mass is 426 g/mol. The molecule has 2 amide bonds. The minimum atomic E-state index is -0.279. The number of aryl methyl sites for hydroxylation is 1. The van der Waals surface area contributed by atoms with Crippen LogP contribution in [0.25, 0.3) is 11.4 Å². The number of carbonyl (C=O) groups excluding carboxylic acids is 2. The van der Waals surface area contributed by atoms with Gasteiger partial charge in [0.15, 0.2) is 5.82 Å². The number of hydrogen-bond donors (Lipinski definition) is 3. The number of rotatable bonds is 7. The third-order valence-corrected chi connectivity index (χ3v) is 5.01. The van der Waals surface area contributed by atoms with E-state index < -0.39 is 0 Å². The van der Waals surface area contributed by atoms with E-state index in [2.05, 4.69) is 20.8 Å². The summed E-state index contributed by atoms with van der Waals surface area (Å²) < 4.78 is 6.64. The second kappa shape index (κ2) is 9.31. The molecule has 10 heteroatoms. The van der Waals surface area contributed by atoms with Crippen molar-refractivity contribution in [2.75, 3.05) is 29.3 Å². The topological polar surface area (TPSA) is 124 Å². The first-order valence-corrected chi connectivity index (χ1v) is 10.0. The molecule has 1 aromatic heterocycles. The smallest absolute Gasteiger partial charge is 0.234 e. The van der Waals surface area contributed by atoms with Crippen LogP contribution in [-0.2, 0) is 9.59 Å². The highest BCUT2D eigenvalue weighted by atomic mass is 32.2. The molecule has 0 radical (unpaired) electrons. The summed E-state index contributed by atoms with van der Waals surface area (Å²) in [5.74, 6) is 6.69. The van der Waals surface area contributed by atoms with Gasteiger partial charge in [-0.3, -0.25) is 9.59 Å². The van der Waals surface area contributed by atoms with Gasteiger partial charge in [0.25, 0.3) is 0 Å². The largest absolute Gasteiger partial charge is 0.495 e. The molecular formula is C20H22N6O3S. The van der Waals surface area contributed by atoms with Crippen molar-refractivity contribution in [3.63, 3.8) is 0 Å². The maximum Gasteiger partial charge on any atom is 0.234 e. The van der Waals surface area contributed by atoms with E-state index in [1.54, 1.807) is 18.2 Å². The number of nitrogen functional groups attached to an aromatic ring is 1. The number of ether oxygens (including phenoxy) is 1. The van der Waals surface area contributed by atoms with Crippen molar-refractivity contribution in [1.29, 1.82) is 0 Å². The van der Waals surface area contributed by atoms with Gasteiger partial charge in [-0.1, -0.05) is 35.5 Å². The Hall–Kier alpha value is -3.53. The van der Waals surface area contributed by atoms with Crippen LogP contribution in [0.2, 0.25) is 0 Å². The van der Waals surface area contributed by atoms with E-state index in [9.17, 15) is 9.59 Å². The molecule has 0 aliphatic carbocycles. The number of benzene rings is 2. The summed E-state index contributed by atoms with van der Waals surface area (Å²) in [6.45, 7) is 3.39. The minimum absolute atomic E-state index is 0.0661. The Balaban J connectivity index is 1.67. The van der Waals surface area contributed by atoms with E-state index >= 15 is 0 Å². The summed E-state index contributed by atoms with van der Waals surface area (Å²) in [5.41, 5.74) is 2.93. The summed E-state index contributed by atoms with van der Waals surface area (Å²) in [5, 5.41) is 14.1. The molecule has 9 nitrogen and oxygen atoms in total. The summed E-state index contributed by atoms with van der Waals surface area (Å²) >= 11 is 1.16. The molecule has 1 heterocycles. The lowest BCUT2D eigenvalue weighted by Gasteiger charge is -2.12. The normalized spacial score (nSPS) is 10.5. The van der Waals surface area contributed by atoms with Crippen LogP contribution in [0, 0.1) is 6.92 Å². The van der Waals surface area contributed by atoms with Crippen LogP contribution in [0.15, 0.2) is 47.6 Å². The molecular weight excluding hydrogens is 404 g/mol. The molecule has 30 heavy (non-hydrogen) atoms. The molecule has 0 aliphatic heterocycles. The Morgan fingerprint density at radius 3 is 2.67 bits per heavy atom. The van der Waals surface area contributed by atoms with Gasteiger partial charge in [-0.15, -0.1) is 10.2 Å². The molecule has 4 N–H and O–H groups in total. The van der Waals surface area contributed by atoms with Gasteiger partial charge >= 0.3 is 0 Å². The van der Waals surface area contributed by atoms with E-state index in [4.69, 9.17) is 10.6 Å². The molecule has 2 aromatic carbocycles. The number of carbonyl (C=O) groups is 2. The van der Waals surface area contributed by atoms with E-state index in [0.717, 1.165) is 22.9 Å². The van der Waals surface area contributed by atoms with Crippen LogP contribution in [0.1, 0.15) is 12.5 Å². The highest BCUT2D eigenvalue weighted by Gasteiger charge is 2.15. The summed E-state index contributed by atoms with van der Waals surface area (Å²) in [4.78, 5) is 23.7. The van der Waals surface area contributed by atoms with Gasteiger partial charge in [-0.25, -0.2) is 4.68 Å². The maximum atomic E-state index is 12.4. The summed E-state index contributed by atoms with van der Waals surface area (Å²) in [6.07, 6.45) is 0. The molecule has 0 atom stereocenters. The van der Waals surface area contributed by atoms with Crippen molar-refractivity contribution in [3.8, 4) is 17.1 Å². The second-order valence-corrected chi connectivity index (χ2v) is 7.42. The fourth-order valence-electron chi connectivity index (χ4n) is 2.76. The third-order valence-electron chi connectivity index (χ3n) is 4.07. The van der Waals surface area contributed by atoms with Crippen LogP contribution < -0.4 is 21.2 Å². The van der Waals surface area contributed by atoms with Gasteiger partial charge in [-0.2, -0.15) is 0 Å². The lowest BCUT2D eigenvalue weighted by molar-refractivity contribution is -0.114. The number of nitrogens with zero attached hydrogens (tertiary/aromatic N) is 3. The van der Waals surface area contributed by atoms with Crippen LogP contribution in [-0.4, -0.2) is 39.6 Å². The molecule has 0 fully saturated rings. The number of anilines is 2. The summed E-state index contributed by atoms with van der Waals surface area (Å²) in [6, 6.07) is 12.7. The molecule has 156 valence electrons. The Kier molecular flexibility index (Phi) is 6.58. The van der Waals surface area contributed by atoms with Gasteiger partial charge in [-0.05, 0) is 31.2 Å². The Bertz CT molecular complexity index is 1080. The van der Waals surface area contributed by atoms with Gasteiger partial charge in [0.05, 0.1) is 18.6 Å². The Labute approximate surface area is 178 Å². The van der Waals surface area contributed by atoms with Crippen molar-refractivity contribution in [2.24, 2.45) is 0 Å². The van der Waals surface area contributed by atoms with Crippen molar-refractivity contribution >= 4 is 35.0 Å². The van der Waals surface area contributed by atoms with Crippen LogP contribution in [0.5, 0.6) is 5.75 Å². The fourth-order valence-corrected chi connectivity index (χ4v) is 3.42. The highest BCUT2D eigenvalue weighted by molar-refractivity contribution is 7.99. The molecule has 0 aliphatic rings. The minimum Gasteiger partial charge on any atom is -0.495 e. The quantitative estimate of drug-likeness (QED) is 0.392. The fraction of sp³-hybridized carbons (Fsp3) is 0.200. The zero-order valence-corrected chi connectivity index (χ0v) is 17.6. The lowest BCUT2D eigenvalue weighted by Crippen LogP contribution is -2.17. The predicted octanol–water partition coefficient (Wildman–Crippen LogP) is 2.67. The second-order valence-electron chi connectivity index (χ2n) is 6.48. The number of methoxy groups -OCH3 is 1. The molecule has 0 saturated heterocycles. The van der Waals surface area contributed by atoms with Crippen molar-refractivity contribution < 1.29 is 14.3 Å². The van der Waals surface area contributed by atoms with E-state index in [1.165, 1.54) is 18.7 Å². The molecule has 0 bridgehead atoms. The SMILES string of the molecule is COc1ccc(NC(C)=O)cc1NC(=O)CSc1nnc(-c2cccc(C)c2)n1N. The molecule has 3 aromatic rings. The first-order valence-electron chi connectivity index (χ1n) is 9.03. The molecule has 0 saturated carbocycles. The van der Waals surface area contributed by atoms with Crippen molar-refractivity contribution in [3.05, 3.63) is 48.0 Å². The van der Waals surface area contributed by atoms with E-state index in [-0.39, 0.29) is 17.6 Å². The zero-order valence-electron chi connectivity index (χ0n) is 16.8. The van der Waals surface area contributed by atoms with Crippen molar-refractivity contribution in [2.45, 2.75) is 19.0 Å². The molecule has 0 unspecified atom stereocenters. The number of nitrogens with one attached hydrogen (secondary N) is 2. The van der Waals surface area contributed by atoms with Crippen molar-refractivity contribution in [1.82, 2.24) is 14.9 Å². The van der Waals surface area contributed by atoms with Gasteiger partial charge in [0.2, 0.25) is 17.0 Å². The van der Waals surface area contributed by atoms with E-state index in [1.807, 2.05) is 31.2 Å². The summed E-state index contributed by atoms with van der Waals surface area (Å²) in [7, 11) is 1.50. The molecule has 0 spiro atoms. The number of thioether (sulfide) groups is 1. The van der Waals surface area contributed by atoms with Gasteiger partial charge in [0, 0.05) is 18.2 Å². The number of aromatic nitrogens is 3. The van der Waals surface area contributed by atoms with Crippen LogP contribution in [0.3, 0.4) is 0 Å². The van der Waals surface area contributed by atoms with Crippen LogP contribution >= 0.6 is 11.8 Å². The number of hydrogen-bond acceptors (Lipinski definition) is 7. The lowest BCUT2D eigenvalue weighted by atomic mass is 10.1. The predicted molar refractivity (Wildman–Crippen MR) is 117 cm³/mol. The number of amides is 2. The zero-order chi connectivity index (χ0) is 21.7. The molecule has 3 rings (SSSR count). The van der Waals surface area contributed by atoms with Gasteiger partial charge in [0.1, 0.15) is 5.75 Å². The Morgan fingerprint density at radius 2 is 1.97 bits per heavy atom. The Morgan fingerprint density at radius 1 is 1.17 bits per heavy atom. The van der Waals surface area contributed by atoms with E-state index in [0.29, 0.717) is 28.1 Å². The first-order chi connectivity index (χ1) is 14.4. The maximum absolute atomic E-state index is 12.4. The highest BCUT2D eigenvalue weighted by Crippen LogP contribution is 2.28. The number of nitrogens with two attached hydrogens (primary N) is 1. The first kappa shape index (κ1) is 21.2. The third kappa shape index (κ3) is 5.09. The average molecular weight is 427 g/mol.